The number of pyridine rings is 1. The van der Waals surface area contributed by atoms with E-state index in [1.54, 1.807) is 18.6 Å². The van der Waals surface area contributed by atoms with Crippen LogP contribution < -0.4 is 10.1 Å². The standard InChI is InChI=1S/C21H23N5O2/c27-21(16-8-10-26(11-9-16)14-18-12-22-15-24-18)25-17-6-7-20(23-13-17)28-19-4-2-1-3-5-19/h1-7,12-13,15-16H,8-11,14H2,(H,22,24)(H,25,27). The minimum atomic E-state index is 0.0262. The van der Waals surface area contributed by atoms with Gasteiger partial charge in [-0.15, -0.1) is 0 Å². The summed E-state index contributed by atoms with van der Waals surface area (Å²) in [5.41, 5.74) is 1.79. The SMILES string of the molecule is O=C(Nc1ccc(Oc2ccccc2)nc1)C1CCN(Cc2cnc[nH]2)CC1. The summed E-state index contributed by atoms with van der Waals surface area (Å²) in [5, 5.41) is 2.97. The van der Waals surface area contributed by atoms with Crippen LogP contribution in [-0.4, -0.2) is 38.8 Å². The summed E-state index contributed by atoms with van der Waals surface area (Å²) >= 11 is 0. The molecule has 144 valence electrons. The largest absolute Gasteiger partial charge is 0.439 e. The topological polar surface area (TPSA) is 83.1 Å². The van der Waals surface area contributed by atoms with Crippen LogP contribution in [-0.2, 0) is 11.3 Å². The Kier molecular flexibility index (Phi) is 5.63. The molecule has 2 N–H and O–H groups in total. The van der Waals surface area contributed by atoms with E-state index in [0.29, 0.717) is 11.6 Å². The Morgan fingerprint density at radius 1 is 1.14 bits per heavy atom. The normalized spacial score (nSPS) is 15.3. The average Bonchev–Trinajstić information content (AvgIpc) is 3.24. The van der Waals surface area contributed by atoms with Crippen molar-refractivity contribution in [3.8, 4) is 11.6 Å². The van der Waals surface area contributed by atoms with Gasteiger partial charge in [0.25, 0.3) is 0 Å². The van der Waals surface area contributed by atoms with E-state index in [4.69, 9.17) is 4.74 Å². The smallest absolute Gasteiger partial charge is 0.227 e. The number of hydrogen-bond acceptors (Lipinski definition) is 5. The molecule has 1 aliphatic heterocycles. The summed E-state index contributed by atoms with van der Waals surface area (Å²) in [6.07, 6.45) is 6.87. The van der Waals surface area contributed by atoms with Gasteiger partial charge in [0.1, 0.15) is 5.75 Å². The first-order chi connectivity index (χ1) is 13.8. The number of amides is 1. The van der Waals surface area contributed by atoms with Crippen LogP contribution in [0.15, 0.2) is 61.2 Å². The lowest BCUT2D eigenvalue weighted by Gasteiger charge is -2.30. The molecule has 0 spiro atoms. The third kappa shape index (κ3) is 4.75. The highest BCUT2D eigenvalue weighted by Crippen LogP contribution is 2.22. The molecule has 1 amide bonds. The lowest BCUT2D eigenvalue weighted by molar-refractivity contribution is -0.121. The Morgan fingerprint density at radius 3 is 2.64 bits per heavy atom. The van der Waals surface area contributed by atoms with Crippen molar-refractivity contribution in [2.75, 3.05) is 18.4 Å². The van der Waals surface area contributed by atoms with Gasteiger partial charge >= 0.3 is 0 Å². The number of hydrogen-bond donors (Lipinski definition) is 2. The van der Waals surface area contributed by atoms with Crippen LogP contribution in [0, 0.1) is 5.92 Å². The minimum Gasteiger partial charge on any atom is -0.439 e. The van der Waals surface area contributed by atoms with Gasteiger partial charge in [0.2, 0.25) is 11.8 Å². The van der Waals surface area contributed by atoms with E-state index < -0.39 is 0 Å². The number of ether oxygens (including phenoxy) is 1. The molecule has 7 heteroatoms. The first-order valence-corrected chi connectivity index (χ1v) is 9.46. The molecule has 0 radical (unpaired) electrons. The molecule has 7 nitrogen and oxygen atoms in total. The number of likely N-dealkylation sites (tertiary alicyclic amines) is 1. The molecule has 28 heavy (non-hydrogen) atoms. The highest BCUT2D eigenvalue weighted by atomic mass is 16.5. The number of nitrogens with one attached hydrogen (secondary N) is 2. The van der Waals surface area contributed by atoms with Gasteiger partial charge in [-0.25, -0.2) is 9.97 Å². The van der Waals surface area contributed by atoms with Crippen LogP contribution in [0.4, 0.5) is 5.69 Å². The average molecular weight is 377 g/mol. The second-order valence-corrected chi connectivity index (χ2v) is 6.92. The van der Waals surface area contributed by atoms with Crippen molar-refractivity contribution >= 4 is 11.6 Å². The molecule has 0 saturated carbocycles. The molecule has 2 aromatic heterocycles. The molecule has 1 fully saturated rings. The Bertz CT molecular complexity index is 873. The van der Waals surface area contributed by atoms with Crippen LogP contribution >= 0.6 is 0 Å². The quantitative estimate of drug-likeness (QED) is 0.687. The lowest BCUT2D eigenvalue weighted by Crippen LogP contribution is -2.37. The third-order valence-corrected chi connectivity index (χ3v) is 4.88. The maximum absolute atomic E-state index is 12.6. The molecule has 1 aliphatic rings. The predicted octanol–water partition coefficient (Wildman–Crippen LogP) is 3.45. The number of carbonyl (C=O) groups excluding carboxylic acids is 1. The summed E-state index contributed by atoms with van der Waals surface area (Å²) in [4.78, 5) is 26.3. The van der Waals surface area contributed by atoms with Gasteiger partial charge in [0.15, 0.2) is 0 Å². The second kappa shape index (κ2) is 8.67. The van der Waals surface area contributed by atoms with E-state index in [9.17, 15) is 4.79 Å². The van der Waals surface area contributed by atoms with E-state index in [1.807, 2.05) is 42.6 Å². The molecule has 0 aliphatic carbocycles. The zero-order chi connectivity index (χ0) is 19.2. The Balaban J connectivity index is 1.26. The first-order valence-electron chi connectivity index (χ1n) is 9.46. The second-order valence-electron chi connectivity index (χ2n) is 6.92. The molecule has 1 aromatic carbocycles. The van der Waals surface area contributed by atoms with Gasteiger partial charge in [-0.1, -0.05) is 18.2 Å². The predicted molar refractivity (Wildman–Crippen MR) is 106 cm³/mol. The highest BCUT2D eigenvalue weighted by molar-refractivity contribution is 5.92. The van der Waals surface area contributed by atoms with E-state index >= 15 is 0 Å². The van der Waals surface area contributed by atoms with Crippen molar-refractivity contribution in [1.82, 2.24) is 19.9 Å². The van der Waals surface area contributed by atoms with Gasteiger partial charge in [0.05, 0.1) is 18.2 Å². The van der Waals surface area contributed by atoms with E-state index in [2.05, 4.69) is 25.2 Å². The number of anilines is 1. The zero-order valence-electron chi connectivity index (χ0n) is 15.5. The minimum absolute atomic E-state index is 0.0262. The maximum atomic E-state index is 12.6. The van der Waals surface area contributed by atoms with Gasteiger partial charge in [-0.05, 0) is 44.1 Å². The maximum Gasteiger partial charge on any atom is 0.227 e. The molecule has 1 saturated heterocycles. The van der Waals surface area contributed by atoms with Crippen LogP contribution in [0.1, 0.15) is 18.5 Å². The highest BCUT2D eigenvalue weighted by Gasteiger charge is 2.25. The molecule has 3 aromatic rings. The summed E-state index contributed by atoms with van der Waals surface area (Å²) < 4.78 is 5.67. The number of rotatable bonds is 6. The van der Waals surface area contributed by atoms with E-state index in [1.165, 1.54) is 0 Å². The van der Waals surface area contributed by atoms with E-state index in [-0.39, 0.29) is 11.8 Å². The van der Waals surface area contributed by atoms with Crippen molar-refractivity contribution in [2.45, 2.75) is 19.4 Å². The molecular formula is C21H23N5O2. The number of aromatic amines is 1. The Hall–Kier alpha value is -3.19. The van der Waals surface area contributed by atoms with Crippen LogP contribution in [0.25, 0.3) is 0 Å². The van der Waals surface area contributed by atoms with Gasteiger partial charge < -0.3 is 15.0 Å². The van der Waals surface area contributed by atoms with Crippen LogP contribution in [0.3, 0.4) is 0 Å². The summed E-state index contributed by atoms with van der Waals surface area (Å²) in [6.45, 7) is 2.65. The number of carbonyl (C=O) groups is 1. The van der Waals surface area contributed by atoms with Crippen molar-refractivity contribution in [3.63, 3.8) is 0 Å². The van der Waals surface area contributed by atoms with Crippen molar-refractivity contribution in [2.24, 2.45) is 5.92 Å². The van der Waals surface area contributed by atoms with Crippen LogP contribution in [0.5, 0.6) is 11.6 Å². The molecule has 0 unspecified atom stereocenters. The summed E-state index contributed by atoms with van der Waals surface area (Å²) in [7, 11) is 0. The molecule has 0 atom stereocenters. The molecule has 0 bridgehead atoms. The third-order valence-electron chi connectivity index (χ3n) is 4.88. The Labute approximate surface area is 163 Å². The van der Waals surface area contributed by atoms with Crippen molar-refractivity contribution < 1.29 is 9.53 Å². The molecule has 3 heterocycles. The van der Waals surface area contributed by atoms with Gasteiger partial charge in [-0.3, -0.25) is 9.69 Å². The number of imidazole rings is 1. The number of piperidine rings is 1. The summed E-state index contributed by atoms with van der Waals surface area (Å²) in [5.74, 6) is 1.31. The fourth-order valence-electron chi connectivity index (χ4n) is 3.33. The van der Waals surface area contributed by atoms with Gasteiger partial charge in [-0.2, -0.15) is 0 Å². The Morgan fingerprint density at radius 2 is 1.96 bits per heavy atom. The van der Waals surface area contributed by atoms with Crippen LogP contribution in [0.2, 0.25) is 0 Å². The monoisotopic (exact) mass is 377 g/mol. The van der Waals surface area contributed by atoms with Gasteiger partial charge in [0, 0.05) is 30.4 Å². The fourth-order valence-corrected chi connectivity index (χ4v) is 3.33. The number of para-hydroxylation sites is 1. The van der Waals surface area contributed by atoms with Crippen molar-refractivity contribution in [1.29, 1.82) is 0 Å². The zero-order valence-corrected chi connectivity index (χ0v) is 15.5. The summed E-state index contributed by atoms with van der Waals surface area (Å²) in [6, 6.07) is 13.1. The molecular weight excluding hydrogens is 354 g/mol. The number of benzene rings is 1. The molecule has 4 rings (SSSR count). The number of aromatic nitrogens is 3. The fraction of sp³-hybridized carbons (Fsp3) is 0.286. The van der Waals surface area contributed by atoms with Crippen molar-refractivity contribution in [3.05, 3.63) is 66.9 Å². The van der Waals surface area contributed by atoms with E-state index in [0.717, 1.165) is 43.9 Å². The first kappa shape index (κ1) is 18.2. The number of nitrogens with zero attached hydrogens (tertiary/aromatic N) is 3. The lowest BCUT2D eigenvalue weighted by atomic mass is 9.95. The number of H-pyrrole nitrogens is 1.